The molecular weight excluding hydrogens is 329 g/mol. The molecular formula is C14H11BrFNO3. The molecule has 0 atom stereocenters. The van der Waals surface area contributed by atoms with Gasteiger partial charge < -0.3 is 4.74 Å². The van der Waals surface area contributed by atoms with Crippen molar-refractivity contribution in [2.24, 2.45) is 0 Å². The van der Waals surface area contributed by atoms with Gasteiger partial charge in [-0.3, -0.25) is 10.1 Å². The summed E-state index contributed by atoms with van der Waals surface area (Å²) in [7, 11) is 0. The second-order valence-corrected chi connectivity index (χ2v) is 5.08. The number of hydrogen-bond donors (Lipinski definition) is 0. The van der Waals surface area contributed by atoms with Crippen molar-refractivity contribution in [1.82, 2.24) is 0 Å². The molecule has 0 amide bonds. The quantitative estimate of drug-likeness (QED) is 0.605. The molecule has 2 rings (SSSR count). The van der Waals surface area contributed by atoms with Crippen molar-refractivity contribution in [1.29, 1.82) is 0 Å². The van der Waals surface area contributed by atoms with E-state index in [1.54, 1.807) is 0 Å². The van der Waals surface area contributed by atoms with E-state index in [2.05, 4.69) is 15.9 Å². The van der Waals surface area contributed by atoms with Gasteiger partial charge >= 0.3 is 5.69 Å². The molecule has 0 aromatic heterocycles. The summed E-state index contributed by atoms with van der Waals surface area (Å²) in [5.74, 6) is -0.847. The molecule has 0 N–H and O–H groups in total. The molecule has 0 saturated heterocycles. The van der Waals surface area contributed by atoms with Gasteiger partial charge in [0.25, 0.3) is 0 Å². The summed E-state index contributed by atoms with van der Waals surface area (Å²) >= 11 is 3.34. The Labute approximate surface area is 123 Å². The third kappa shape index (κ3) is 3.85. The summed E-state index contributed by atoms with van der Waals surface area (Å²) in [6.45, 7) is 0.594. The van der Waals surface area contributed by atoms with E-state index in [0.717, 1.165) is 22.2 Å². The molecule has 20 heavy (non-hydrogen) atoms. The zero-order valence-electron chi connectivity index (χ0n) is 10.4. The smallest absolute Gasteiger partial charge is 0.304 e. The monoisotopic (exact) mass is 339 g/mol. The molecule has 0 aliphatic heterocycles. The highest BCUT2D eigenvalue weighted by molar-refractivity contribution is 9.10. The Balaban J connectivity index is 1.92. The van der Waals surface area contributed by atoms with Crippen LogP contribution >= 0.6 is 15.9 Å². The number of rotatable bonds is 5. The summed E-state index contributed by atoms with van der Waals surface area (Å²) in [6, 6.07) is 11.4. The highest BCUT2D eigenvalue weighted by Crippen LogP contribution is 2.19. The minimum atomic E-state index is -0.847. The van der Waals surface area contributed by atoms with Gasteiger partial charge in [0.1, 0.15) is 0 Å². The maximum atomic E-state index is 13.4. The van der Waals surface area contributed by atoms with Crippen molar-refractivity contribution >= 4 is 21.6 Å². The fourth-order valence-corrected chi connectivity index (χ4v) is 1.92. The third-order valence-electron chi connectivity index (χ3n) is 2.66. The fraction of sp³-hybridized carbons (Fsp3) is 0.143. The van der Waals surface area contributed by atoms with Gasteiger partial charge in [-0.1, -0.05) is 28.1 Å². The second kappa shape index (κ2) is 6.58. The Morgan fingerprint density at radius 1 is 1.10 bits per heavy atom. The van der Waals surface area contributed by atoms with Crippen molar-refractivity contribution in [3.8, 4) is 0 Å². The number of nitro benzene ring substituents is 1. The molecule has 0 bridgehead atoms. The van der Waals surface area contributed by atoms with Crippen LogP contribution in [-0.2, 0) is 18.0 Å². The van der Waals surface area contributed by atoms with E-state index >= 15 is 0 Å². The van der Waals surface area contributed by atoms with E-state index in [4.69, 9.17) is 4.74 Å². The van der Waals surface area contributed by atoms with Gasteiger partial charge in [0.15, 0.2) is 0 Å². The third-order valence-corrected chi connectivity index (χ3v) is 3.19. The average Bonchev–Trinajstić information content (AvgIpc) is 2.41. The van der Waals surface area contributed by atoms with Crippen LogP contribution in [0.4, 0.5) is 10.1 Å². The summed E-state index contributed by atoms with van der Waals surface area (Å²) in [6.07, 6.45) is 0. The zero-order chi connectivity index (χ0) is 14.5. The minimum Gasteiger partial charge on any atom is -0.372 e. The maximum Gasteiger partial charge on any atom is 0.304 e. The fourth-order valence-electron chi connectivity index (χ4n) is 1.66. The van der Waals surface area contributed by atoms with Crippen LogP contribution in [0.25, 0.3) is 0 Å². The Kier molecular flexibility index (Phi) is 4.81. The molecule has 0 spiro atoms. The van der Waals surface area contributed by atoms with Crippen molar-refractivity contribution in [2.45, 2.75) is 13.2 Å². The number of ether oxygens (including phenoxy) is 1. The average molecular weight is 340 g/mol. The molecule has 4 nitrogen and oxygen atoms in total. The zero-order valence-corrected chi connectivity index (χ0v) is 12.0. The van der Waals surface area contributed by atoms with E-state index in [9.17, 15) is 14.5 Å². The molecule has 0 aliphatic carbocycles. The lowest BCUT2D eigenvalue weighted by molar-refractivity contribution is -0.387. The molecule has 0 saturated carbocycles. The summed E-state index contributed by atoms with van der Waals surface area (Å²) in [5, 5.41) is 10.5. The standard InChI is InChI=1S/C14H11BrFNO3/c15-12-4-1-10(2-5-12)8-20-9-11-3-6-14(17(18)19)13(16)7-11/h1-7H,8-9H2. The molecule has 6 heteroatoms. The molecule has 104 valence electrons. The van der Waals surface area contributed by atoms with Crippen LogP contribution in [0.3, 0.4) is 0 Å². The Morgan fingerprint density at radius 3 is 2.30 bits per heavy atom. The van der Waals surface area contributed by atoms with Crippen molar-refractivity contribution in [3.05, 3.63) is 74.0 Å². The molecule has 0 radical (unpaired) electrons. The molecule has 2 aromatic rings. The molecule has 2 aromatic carbocycles. The van der Waals surface area contributed by atoms with E-state index < -0.39 is 16.4 Å². The topological polar surface area (TPSA) is 52.4 Å². The van der Waals surface area contributed by atoms with Crippen molar-refractivity contribution in [3.63, 3.8) is 0 Å². The lowest BCUT2D eigenvalue weighted by Gasteiger charge is -2.05. The maximum absolute atomic E-state index is 13.4. The SMILES string of the molecule is O=[N+]([O-])c1ccc(COCc2ccc(Br)cc2)cc1F. The van der Waals surface area contributed by atoms with E-state index in [1.165, 1.54) is 6.07 Å². The van der Waals surface area contributed by atoms with E-state index in [-0.39, 0.29) is 6.61 Å². The lowest BCUT2D eigenvalue weighted by atomic mass is 10.2. The highest BCUT2D eigenvalue weighted by Gasteiger charge is 2.13. The van der Waals surface area contributed by atoms with Crippen molar-refractivity contribution < 1.29 is 14.1 Å². The van der Waals surface area contributed by atoms with Crippen LogP contribution < -0.4 is 0 Å². The first-order valence-electron chi connectivity index (χ1n) is 5.81. The van der Waals surface area contributed by atoms with Gasteiger partial charge in [0, 0.05) is 10.5 Å². The Morgan fingerprint density at radius 2 is 1.70 bits per heavy atom. The van der Waals surface area contributed by atoms with Crippen LogP contribution in [0.5, 0.6) is 0 Å². The first-order chi connectivity index (χ1) is 9.56. The minimum absolute atomic E-state index is 0.199. The van der Waals surface area contributed by atoms with Crippen LogP contribution in [-0.4, -0.2) is 4.92 Å². The van der Waals surface area contributed by atoms with Crippen molar-refractivity contribution in [2.75, 3.05) is 0 Å². The van der Waals surface area contributed by atoms with Gasteiger partial charge in [-0.15, -0.1) is 0 Å². The summed E-state index contributed by atoms with van der Waals surface area (Å²) in [5.41, 5.74) is 1.03. The first kappa shape index (κ1) is 14.6. The number of hydrogen-bond acceptors (Lipinski definition) is 3. The van der Waals surface area contributed by atoms with Crippen LogP contribution in [0, 0.1) is 15.9 Å². The largest absolute Gasteiger partial charge is 0.372 e. The van der Waals surface area contributed by atoms with Gasteiger partial charge in [-0.2, -0.15) is 4.39 Å². The van der Waals surface area contributed by atoms with Gasteiger partial charge in [0.05, 0.1) is 18.1 Å². The van der Waals surface area contributed by atoms with E-state index in [0.29, 0.717) is 12.2 Å². The first-order valence-corrected chi connectivity index (χ1v) is 6.60. The van der Waals surface area contributed by atoms with E-state index in [1.807, 2.05) is 24.3 Å². The van der Waals surface area contributed by atoms with Gasteiger partial charge in [0.2, 0.25) is 5.82 Å². The lowest BCUT2D eigenvalue weighted by Crippen LogP contribution is -1.97. The van der Waals surface area contributed by atoms with Gasteiger partial charge in [-0.05, 0) is 35.4 Å². The predicted octanol–water partition coefficient (Wildman–Crippen LogP) is 4.21. The number of halogens is 2. The number of nitrogens with zero attached hydrogens (tertiary/aromatic N) is 1. The van der Waals surface area contributed by atoms with Crippen LogP contribution in [0.1, 0.15) is 11.1 Å². The Hall–Kier alpha value is -1.79. The second-order valence-electron chi connectivity index (χ2n) is 4.16. The molecule has 0 heterocycles. The van der Waals surface area contributed by atoms with Crippen LogP contribution in [0.2, 0.25) is 0 Å². The molecule has 0 unspecified atom stereocenters. The Bertz CT molecular complexity index is 616. The normalized spacial score (nSPS) is 10.5. The number of benzene rings is 2. The summed E-state index contributed by atoms with van der Waals surface area (Å²) < 4.78 is 19.8. The van der Waals surface area contributed by atoms with Crippen LogP contribution in [0.15, 0.2) is 46.9 Å². The predicted molar refractivity (Wildman–Crippen MR) is 75.7 cm³/mol. The molecule has 0 aliphatic rings. The number of nitro groups is 1. The van der Waals surface area contributed by atoms with Gasteiger partial charge in [-0.25, -0.2) is 0 Å². The molecule has 0 fully saturated rings. The summed E-state index contributed by atoms with van der Waals surface area (Å²) in [4.78, 5) is 9.74. The highest BCUT2D eigenvalue weighted by atomic mass is 79.9.